The minimum absolute atomic E-state index is 0.375. The molecule has 0 amide bonds. The van der Waals surface area contributed by atoms with Crippen LogP contribution < -0.4 is 0 Å². The summed E-state index contributed by atoms with van der Waals surface area (Å²) in [6, 6.07) is 18.6. The van der Waals surface area contributed by atoms with Crippen LogP contribution in [0.25, 0.3) is 34.4 Å². The van der Waals surface area contributed by atoms with E-state index < -0.39 is 11.4 Å². The van der Waals surface area contributed by atoms with Gasteiger partial charge in [0.25, 0.3) is 0 Å². The molecule has 0 aliphatic carbocycles. The van der Waals surface area contributed by atoms with Gasteiger partial charge in [0, 0.05) is 6.92 Å². The lowest BCUT2D eigenvalue weighted by Crippen LogP contribution is -2.32. The maximum Gasteiger partial charge on any atom is 0.311 e. The number of aryl methyl sites for hydroxylation is 3. The van der Waals surface area contributed by atoms with E-state index in [4.69, 9.17) is 4.42 Å². The van der Waals surface area contributed by atoms with Crippen molar-refractivity contribution in [1.82, 2.24) is 4.98 Å². The Bertz CT molecular complexity index is 1420. The highest BCUT2D eigenvalue weighted by Crippen LogP contribution is 2.30. The van der Waals surface area contributed by atoms with Gasteiger partial charge >= 0.3 is 5.97 Å². The monoisotopic (exact) mass is 469 g/mol. The summed E-state index contributed by atoms with van der Waals surface area (Å²) in [5.41, 5.74) is 8.33. The molecule has 35 heavy (non-hydrogen) atoms. The Balaban J connectivity index is 1.59. The van der Waals surface area contributed by atoms with E-state index in [2.05, 4.69) is 67.4 Å². The average Bonchev–Trinajstić information content (AvgIpc) is 3.22. The number of carboxylic acid groups (broad SMARTS) is 1. The number of rotatable bonds is 8. The van der Waals surface area contributed by atoms with E-state index in [9.17, 15) is 15.0 Å². The first-order chi connectivity index (χ1) is 16.7. The molecule has 3 aromatic carbocycles. The van der Waals surface area contributed by atoms with Gasteiger partial charge in [0.05, 0.1) is 12.0 Å². The van der Waals surface area contributed by atoms with Crippen molar-refractivity contribution in [1.29, 1.82) is 0 Å². The van der Waals surface area contributed by atoms with E-state index >= 15 is 0 Å². The number of nitrogens with zero attached hydrogens (tertiary/aromatic N) is 1. The average molecular weight is 470 g/mol. The van der Waals surface area contributed by atoms with Crippen molar-refractivity contribution >= 4 is 29.2 Å². The van der Waals surface area contributed by atoms with Crippen LogP contribution in [0.5, 0.6) is 0 Å². The molecule has 180 valence electrons. The predicted molar refractivity (Wildman–Crippen MR) is 140 cm³/mol. The maximum absolute atomic E-state index is 11.5. The molecule has 4 rings (SSSR count). The topological polar surface area (TPSA) is 83.6 Å². The number of aromatic nitrogens is 1. The number of benzene rings is 3. The standard InChI is InChI=1S/C30H31NO4/c1-19-8-9-22(14-15-30(4,18-32)29(33)34)16-24(19)11-10-23-6-5-7-26(20(23)2)25-12-13-27-28(17-25)35-21(3)31-27/h5-13,16-17,32H,14-15,18H2,1-4H3,(H,33,34). The van der Waals surface area contributed by atoms with Gasteiger partial charge in [0.15, 0.2) is 11.5 Å². The van der Waals surface area contributed by atoms with E-state index in [0.29, 0.717) is 18.7 Å². The van der Waals surface area contributed by atoms with E-state index in [1.165, 1.54) is 5.56 Å². The molecule has 1 unspecified atom stereocenters. The first-order valence-electron chi connectivity index (χ1n) is 11.8. The van der Waals surface area contributed by atoms with Gasteiger partial charge < -0.3 is 14.6 Å². The first kappa shape index (κ1) is 24.4. The largest absolute Gasteiger partial charge is 0.481 e. The number of aliphatic carboxylic acids is 1. The Morgan fingerprint density at radius 1 is 1.03 bits per heavy atom. The van der Waals surface area contributed by atoms with Crippen molar-refractivity contribution < 1.29 is 19.4 Å². The third-order valence-electron chi connectivity index (χ3n) is 6.80. The molecule has 1 aromatic heterocycles. The van der Waals surface area contributed by atoms with Gasteiger partial charge in [0.2, 0.25) is 0 Å². The quantitative estimate of drug-likeness (QED) is 0.284. The molecule has 0 aliphatic heterocycles. The van der Waals surface area contributed by atoms with E-state index in [-0.39, 0.29) is 6.61 Å². The van der Waals surface area contributed by atoms with Crippen LogP contribution in [0.2, 0.25) is 0 Å². The lowest BCUT2D eigenvalue weighted by atomic mass is 9.84. The minimum Gasteiger partial charge on any atom is -0.481 e. The van der Waals surface area contributed by atoms with Crippen LogP contribution in [0.1, 0.15) is 47.1 Å². The summed E-state index contributed by atoms with van der Waals surface area (Å²) in [7, 11) is 0. The summed E-state index contributed by atoms with van der Waals surface area (Å²) in [4.78, 5) is 15.9. The predicted octanol–water partition coefficient (Wildman–Crippen LogP) is 6.61. The Morgan fingerprint density at radius 2 is 1.80 bits per heavy atom. The summed E-state index contributed by atoms with van der Waals surface area (Å²) in [6.07, 6.45) is 5.19. The van der Waals surface area contributed by atoms with E-state index in [0.717, 1.165) is 44.5 Å². The number of carbonyl (C=O) groups is 1. The number of hydrogen-bond acceptors (Lipinski definition) is 4. The van der Waals surface area contributed by atoms with E-state index in [1.54, 1.807) is 6.92 Å². The van der Waals surface area contributed by atoms with Gasteiger partial charge in [-0.2, -0.15) is 0 Å². The van der Waals surface area contributed by atoms with Crippen molar-refractivity contribution in [2.24, 2.45) is 5.41 Å². The molecule has 0 spiro atoms. The van der Waals surface area contributed by atoms with Gasteiger partial charge in [0.1, 0.15) is 5.52 Å². The third-order valence-corrected chi connectivity index (χ3v) is 6.80. The zero-order valence-electron chi connectivity index (χ0n) is 20.6. The molecule has 0 saturated carbocycles. The molecule has 0 saturated heterocycles. The molecule has 5 heteroatoms. The van der Waals surface area contributed by atoms with Crippen LogP contribution >= 0.6 is 0 Å². The van der Waals surface area contributed by atoms with Crippen LogP contribution in [0, 0.1) is 26.2 Å². The number of oxazole rings is 1. The molecule has 0 bridgehead atoms. The van der Waals surface area contributed by atoms with Crippen molar-refractivity contribution in [3.63, 3.8) is 0 Å². The molecule has 4 aromatic rings. The van der Waals surface area contributed by atoms with Crippen molar-refractivity contribution in [2.45, 2.75) is 40.5 Å². The molecule has 0 aliphatic rings. The van der Waals surface area contributed by atoms with Crippen molar-refractivity contribution in [2.75, 3.05) is 6.61 Å². The molecule has 5 nitrogen and oxygen atoms in total. The van der Waals surface area contributed by atoms with Gasteiger partial charge in [-0.3, -0.25) is 4.79 Å². The molecule has 1 atom stereocenters. The number of carboxylic acids is 1. The summed E-state index contributed by atoms with van der Waals surface area (Å²) in [5.74, 6) is -0.313. The lowest BCUT2D eigenvalue weighted by Gasteiger charge is -2.21. The van der Waals surface area contributed by atoms with Gasteiger partial charge in [-0.15, -0.1) is 0 Å². The third kappa shape index (κ3) is 5.20. The van der Waals surface area contributed by atoms with Crippen LogP contribution in [0.4, 0.5) is 0 Å². The van der Waals surface area contributed by atoms with Crippen LogP contribution in [0.15, 0.2) is 59.0 Å². The highest BCUT2D eigenvalue weighted by Gasteiger charge is 2.31. The maximum atomic E-state index is 11.5. The second-order valence-electron chi connectivity index (χ2n) is 9.48. The van der Waals surface area contributed by atoms with E-state index in [1.807, 2.05) is 25.1 Å². The second kappa shape index (κ2) is 9.88. The molecular formula is C30H31NO4. The Labute approximate surface area is 205 Å². The van der Waals surface area contributed by atoms with Crippen LogP contribution in [-0.2, 0) is 11.2 Å². The summed E-state index contributed by atoms with van der Waals surface area (Å²) in [5, 5.41) is 19.0. The number of aliphatic hydroxyl groups is 1. The van der Waals surface area contributed by atoms with Crippen LogP contribution in [0.3, 0.4) is 0 Å². The smallest absolute Gasteiger partial charge is 0.311 e. The fourth-order valence-electron chi connectivity index (χ4n) is 4.23. The molecular weight excluding hydrogens is 438 g/mol. The number of aliphatic hydroxyl groups excluding tert-OH is 1. The molecule has 0 radical (unpaired) electrons. The molecule has 1 heterocycles. The fourth-order valence-corrected chi connectivity index (χ4v) is 4.23. The summed E-state index contributed by atoms with van der Waals surface area (Å²) >= 11 is 0. The number of hydrogen-bond donors (Lipinski definition) is 2. The summed E-state index contributed by atoms with van der Waals surface area (Å²) in [6.45, 7) is 7.25. The van der Waals surface area contributed by atoms with Gasteiger partial charge in [-0.1, -0.05) is 54.6 Å². The zero-order valence-corrected chi connectivity index (χ0v) is 20.6. The van der Waals surface area contributed by atoms with Gasteiger partial charge in [-0.05, 0) is 84.7 Å². The van der Waals surface area contributed by atoms with Gasteiger partial charge in [-0.25, -0.2) is 4.98 Å². The highest BCUT2D eigenvalue weighted by molar-refractivity contribution is 5.83. The first-order valence-corrected chi connectivity index (χ1v) is 11.8. The normalized spacial score (nSPS) is 13.4. The molecule has 2 N–H and O–H groups in total. The van der Waals surface area contributed by atoms with Crippen LogP contribution in [-0.4, -0.2) is 27.8 Å². The molecule has 0 fully saturated rings. The Morgan fingerprint density at radius 3 is 2.54 bits per heavy atom. The van der Waals surface area contributed by atoms with Crippen molar-refractivity contribution in [3.05, 3.63) is 88.3 Å². The second-order valence-corrected chi connectivity index (χ2v) is 9.48. The highest BCUT2D eigenvalue weighted by atomic mass is 16.4. The fraction of sp³-hybridized carbons (Fsp3) is 0.267. The number of fused-ring (bicyclic) bond motifs is 1. The SMILES string of the molecule is Cc1nc2ccc(-c3cccc(C=Cc4cc(CCC(C)(CO)C(=O)O)ccc4C)c3C)cc2o1. The Kier molecular flexibility index (Phi) is 6.90. The minimum atomic E-state index is -1.13. The Hall–Kier alpha value is -3.70. The lowest BCUT2D eigenvalue weighted by molar-refractivity contribution is -0.150. The van der Waals surface area contributed by atoms with Crippen molar-refractivity contribution in [3.8, 4) is 11.1 Å². The zero-order chi connectivity index (χ0) is 25.2. The summed E-state index contributed by atoms with van der Waals surface area (Å²) < 4.78 is 5.72.